The molecule has 0 saturated heterocycles. The molecule has 13 heteroatoms. The second-order valence-electron chi connectivity index (χ2n) is 10.7. The lowest BCUT2D eigenvalue weighted by Gasteiger charge is -2.27. The van der Waals surface area contributed by atoms with Crippen molar-refractivity contribution in [1.82, 2.24) is 20.9 Å². The first-order valence-electron chi connectivity index (χ1n) is 13.9. The van der Waals surface area contributed by atoms with Crippen LogP contribution in [0, 0.1) is 5.92 Å². The van der Waals surface area contributed by atoms with Crippen LogP contribution in [0.3, 0.4) is 0 Å². The zero-order chi connectivity index (χ0) is 31.7. The molecule has 0 saturated carbocycles. The number of para-hydroxylation sites is 1. The lowest BCUT2D eigenvalue weighted by molar-refractivity contribution is -0.143. The third-order valence-corrected chi connectivity index (χ3v) is 7.00. The number of H-pyrrole nitrogens is 1. The third-order valence-electron chi connectivity index (χ3n) is 7.00. The van der Waals surface area contributed by atoms with Crippen LogP contribution in [0.5, 0.6) is 5.75 Å². The standard InChI is InChI=1S/C30H38N6O7/c1-16(2)26(29(41)34-23(30(42)43)11-12-25(32)38)36-28(40)24(13-17-7-9-19(37)10-8-17)35-27(39)21(31)14-18-15-33-22-6-4-3-5-20(18)22/h3-10,15-16,21,23-24,26,33,37H,11-14,31H2,1-2H3,(H2,32,38)(H,34,41)(H,35,39)(H,36,40)(H,42,43). The number of phenolic OH excluding ortho intramolecular Hbond substituents is 1. The molecule has 0 bridgehead atoms. The first kappa shape index (κ1) is 32.6. The van der Waals surface area contributed by atoms with Crippen molar-refractivity contribution in [3.05, 3.63) is 65.9 Å². The molecule has 43 heavy (non-hydrogen) atoms. The van der Waals surface area contributed by atoms with Gasteiger partial charge < -0.3 is 42.6 Å². The van der Waals surface area contributed by atoms with Crippen LogP contribution in [-0.2, 0) is 36.8 Å². The number of carbonyl (C=O) groups excluding carboxylic acids is 4. The number of rotatable bonds is 15. The molecule has 0 spiro atoms. The van der Waals surface area contributed by atoms with Gasteiger partial charge in [-0.05, 0) is 48.1 Å². The number of carboxylic acids is 1. The van der Waals surface area contributed by atoms with E-state index in [0.29, 0.717) is 5.56 Å². The van der Waals surface area contributed by atoms with Gasteiger partial charge in [-0.15, -0.1) is 0 Å². The van der Waals surface area contributed by atoms with Gasteiger partial charge in [0.25, 0.3) is 0 Å². The van der Waals surface area contributed by atoms with Gasteiger partial charge in [-0.25, -0.2) is 4.79 Å². The number of aromatic amines is 1. The Morgan fingerprint density at radius 2 is 1.51 bits per heavy atom. The second kappa shape index (κ2) is 14.8. The average Bonchev–Trinajstić information content (AvgIpc) is 3.36. The van der Waals surface area contributed by atoms with E-state index >= 15 is 0 Å². The van der Waals surface area contributed by atoms with E-state index in [1.54, 1.807) is 32.2 Å². The Kier molecular flexibility index (Phi) is 11.2. The Morgan fingerprint density at radius 3 is 2.14 bits per heavy atom. The molecule has 230 valence electrons. The maximum Gasteiger partial charge on any atom is 0.326 e. The van der Waals surface area contributed by atoms with Crippen LogP contribution >= 0.6 is 0 Å². The number of nitrogens with two attached hydrogens (primary N) is 2. The molecule has 3 rings (SSSR count). The average molecular weight is 595 g/mol. The van der Waals surface area contributed by atoms with Crippen molar-refractivity contribution in [3.63, 3.8) is 0 Å². The Hall–Kier alpha value is -4.91. The molecule has 4 atom stereocenters. The molecular formula is C30H38N6O7. The van der Waals surface area contributed by atoms with Crippen LogP contribution in [0.2, 0.25) is 0 Å². The van der Waals surface area contributed by atoms with Gasteiger partial charge in [-0.3, -0.25) is 19.2 Å². The van der Waals surface area contributed by atoms with E-state index in [0.717, 1.165) is 16.5 Å². The number of aromatic hydroxyl groups is 1. The number of fused-ring (bicyclic) bond motifs is 1. The number of aromatic nitrogens is 1. The SMILES string of the molecule is CC(C)C(NC(=O)C(Cc1ccc(O)cc1)NC(=O)C(N)Cc1c[nH]c2ccccc12)C(=O)NC(CCC(N)=O)C(=O)O. The van der Waals surface area contributed by atoms with E-state index in [2.05, 4.69) is 20.9 Å². The largest absolute Gasteiger partial charge is 0.508 e. The predicted molar refractivity (Wildman–Crippen MR) is 158 cm³/mol. The lowest BCUT2D eigenvalue weighted by atomic mass is 9.99. The van der Waals surface area contributed by atoms with Crippen molar-refractivity contribution in [1.29, 1.82) is 0 Å². The predicted octanol–water partition coefficient (Wildman–Crippen LogP) is 0.447. The first-order valence-corrected chi connectivity index (χ1v) is 13.9. The summed E-state index contributed by atoms with van der Waals surface area (Å²) in [7, 11) is 0. The summed E-state index contributed by atoms with van der Waals surface area (Å²) >= 11 is 0. The fourth-order valence-corrected chi connectivity index (χ4v) is 4.58. The van der Waals surface area contributed by atoms with Gasteiger partial charge in [0.15, 0.2) is 0 Å². The van der Waals surface area contributed by atoms with E-state index in [1.807, 2.05) is 24.3 Å². The Bertz CT molecular complexity index is 1450. The topological polar surface area (TPSA) is 230 Å². The number of aliphatic carboxylic acids is 1. The molecule has 10 N–H and O–H groups in total. The van der Waals surface area contributed by atoms with Crippen LogP contribution in [0.25, 0.3) is 10.9 Å². The second-order valence-corrected chi connectivity index (χ2v) is 10.7. The van der Waals surface area contributed by atoms with E-state index in [9.17, 15) is 34.2 Å². The quantitative estimate of drug-likeness (QED) is 0.123. The van der Waals surface area contributed by atoms with Crippen LogP contribution in [0.1, 0.15) is 37.8 Å². The zero-order valence-electron chi connectivity index (χ0n) is 24.0. The van der Waals surface area contributed by atoms with Gasteiger partial charge >= 0.3 is 5.97 Å². The van der Waals surface area contributed by atoms with Gasteiger partial charge in [0.2, 0.25) is 23.6 Å². The van der Waals surface area contributed by atoms with E-state index in [-0.39, 0.29) is 31.4 Å². The Balaban J connectivity index is 1.77. The molecule has 0 radical (unpaired) electrons. The molecule has 2 aromatic carbocycles. The molecule has 13 nitrogen and oxygen atoms in total. The fourth-order valence-electron chi connectivity index (χ4n) is 4.58. The van der Waals surface area contributed by atoms with Gasteiger partial charge in [-0.2, -0.15) is 0 Å². The van der Waals surface area contributed by atoms with Gasteiger partial charge in [0.1, 0.15) is 23.9 Å². The van der Waals surface area contributed by atoms with Crippen LogP contribution in [0.4, 0.5) is 0 Å². The molecule has 4 amide bonds. The van der Waals surface area contributed by atoms with Crippen molar-refractivity contribution in [3.8, 4) is 5.75 Å². The van der Waals surface area contributed by atoms with Crippen LogP contribution in [0.15, 0.2) is 54.7 Å². The smallest absolute Gasteiger partial charge is 0.326 e. The molecule has 3 aromatic rings. The van der Waals surface area contributed by atoms with E-state index in [1.165, 1.54) is 12.1 Å². The van der Waals surface area contributed by atoms with Crippen molar-refractivity contribution in [2.24, 2.45) is 17.4 Å². The van der Waals surface area contributed by atoms with E-state index < -0.39 is 59.7 Å². The summed E-state index contributed by atoms with van der Waals surface area (Å²) in [6.45, 7) is 3.32. The summed E-state index contributed by atoms with van der Waals surface area (Å²) in [4.78, 5) is 65.7. The summed E-state index contributed by atoms with van der Waals surface area (Å²) in [5, 5.41) is 27.7. The van der Waals surface area contributed by atoms with Gasteiger partial charge in [0, 0.05) is 29.9 Å². The third kappa shape index (κ3) is 9.30. The van der Waals surface area contributed by atoms with E-state index in [4.69, 9.17) is 11.5 Å². The lowest BCUT2D eigenvalue weighted by Crippen LogP contribution is -2.59. The Morgan fingerprint density at radius 1 is 0.860 bits per heavy atom. The molecule has 0 aliphatic heterocycles. The number of carbonyl (C=O) groups is 5. The number of phenols is 1. The normalized spacial score (nSPS) is 14.0. The number of benzene rings is 2. The number of amides is 4. The van der Waals surface area contributed by atoms with Crippen molar-refractivity contribution >= 4 is 40.5 Å². The summed E-state index contributed by atoms with van der Waals surface area (Å²) in [6, 6.07) is 8.92. The molecule has 0 aliphatic rings. The minimum absolute atomic E-state index is 0.0143. The van der Waals surface area contributed by atoms with Crippen LogP contribution < -0.4 is 27.4 Å². The summed E-state index contributed by atoms with van der Waals surface area (Å²) in [5.41, 5.74) is 13.7. The minimum atomic E-state index is -1.40. The number of nitrogens with one attached hydrogen (secondary N) is 4. The molecule has 1 heterocycles. The number of carboxylic acid groups (broad SMARTS) is 1. The maximum atomic E-state index is 13.5. The maximum absolute atomic E-state index is 13.5. The monoisotopic (exact) mass is 594 g/mol. The fraction of sp³-hybridized carbons (Fsp3) is 0.367. The highest BCUT2D eigenvalue weighted by Gasteiger charge is 2.32. The highest BCUT2D eigenvalue weighted by atomic mass is 16.4. The molecular weight excluding hydrogens is 556 g/mol. The number of hydrogen-bond donors (Lipinski definition) is 8. The Labute approximate surface area is 248 Å². The molecule has 0 fully saturated rings. The highest BCUT2D eigenvalue weighted by Crippen LogP contribution is 2.19. The van der Waals surface area contributed by atoms with Gasteiger partial charge in [-0.1, -0.05) is 44.2 Å². The van der Waals surface area contributed by atoms with Crippen LogP contribution in [-0.4, -0.2) is 69.0 Å². The summed E-state index contributed by atoms with van der Waals surface area (Å²) in [5.74, 6) is -4.58. The number of primary amides is 1. The highest BCUT2D eigenvalue weighted by molar-refractivity contribution is 5.94. The van der Waals surface area contributed by atoms with Crippen molar-refractivity contribution in [2.75, 3.05) is 0 Å². The molecule has 0 aliphatic carbocycles. The summed E-state index contributed by atoms with van der Waals surface area (Å²) < 4.78 is 0. The number of hydrogen-bond acceptors (Lipinski definition) is 7. The summed E-state index contributed by atoms with van der Waals surface area (Å²) in [6.07, 6.45) is 1.51. The van der Waals surface area contributed by atoms with Gasteiger partial charge in [0.05, 0.1) is 6.04 Å². The van der Waals surface area contributed by atoms with Crippen molar-refractivity contribution in [2.45, 2.75) is 63.7 Å². The molecule has 4 unspecified atom stereocenters. The zero-order valence-corrected chi connectivity index (χ0v) is 24.0. The molecule has 1 aromatic heterocycles. The first-order chi connectivity index (χ1) is 20.3. The van der Waals surface area contributed by atoms with Crippen molar-refractivity contribution < 1.29 is 34.2 Å². The minimum Gasteiger partial charge on any atom is -0.508 e.